The lowest BCUT2D eigenvalue weighted by molar-refractivity contribution is 0.234. The first-order valence-electron chi connectivity index (χ1n) is 6.90. The van der Waals surface area contributed by atoms with Crippen LogP contribution in [0.25, 0.3) is 0 Å². The van der Waals surface area contributed by atoms with E-state index in [4.69, 9.17) is 15.7 Å². The van der Waals surface area contributed by atoms with Crippen LogP contribution in [-0.2, 0) is 6.42 Å². The van der Waals surface area contributed by atoms with Crippen molar-refractivity contribution in [2.75, 3.05) is 13.2 Å². The van der Waals surface area contributed by atoms with Gasteiger partial charge in [0.05, 0.1) is 12.7 Å². The molecule has 1 aliphatic rings. The van der Waals surface area contributed by atoms with Crippen LogP contribution in [0.5, 0.6) is 5.75 Å². The van der Waals surface area contributed by atoms with Gasteiger partial charge in [0.2, 0.25) is 0 Å². The number of hydrogen-bond donors (Lipinski definition) is 1. The number of aryl methyl sites for hydroxylation is 2. The Morgan fingerprint density at radius 1 is 1.32 bits per heavy atom. The van der Waals surface area contributed by atoms with Gasteiger partial charge >= 0.3 is 0 Å². The van der Waals surface area contributed by atoms with Crippen molar-refractivity contribution in [1.82, 2.24) is 0 Å². The highest BCUT2D eigenvalue weighted by atomic mass is 16.5. The first kappa shape index (κ1) is 13.9. The van der Waals surface area contributed by atoms with Crippen LogP contribution in [0.3, 0.4) is 0 Å². The molecule has 1 aromatic carbocycles. The molecule has 0 bridgehead atoms. The molecular weight excluding hydrogens is 236 g/mol. The van der Waals surface area contributed by atoms with Crippen molar-refractivity contribution in [2.45, 2.75) is 39.5 Å². The Morgan fingerprint density at radius 3 is 2.42 bits per heavy atom. The standard InChI is InChI=1S/C16H22N2O/c1-12-9-14(3-7-17)10-13(2)15(12)19-11-16(4-5-16)6-8-18/h9-10H,3-7,11,17H2,1-2H3. The third-order valence-corrected chi connectivity index (χ3v) is 3.89. The van der Waals surface area contributed by atoms with E-state index < -0.39 is 0 Å². The minimum atomic E-state index is 0.129. The Labute approximate surface area is 115 Å². The van der Waals surface area contributed by atoms with Crippen LogP contribution in [0.1, 0.15) is 36.0 Å². The summed E-state index contributed by atoms with van der Waals surface area (Å²) < 4.78 is 6.00. The highest BCUT2D eigenvalue weighted by molar-refractivity contribution is 5.43. The summed E-state index contributed by atoms with van der Waals surface area (Å²) in [5, 5.41) is 8.83. The Morgan fingerprint density at radius 2 is 1.95 bits per heavy atom. The summed E-state index contributed by atoms with van der Waals surface area (Å²) in [5.41, 5.74) is 9.32. The van der Waals surface area contributed by atoms with Crippen molar-refractivity contribution in [2.24, 2.45) is 11.1 Å². The molecule has 2 N–H and O–H groups in total. The van der Waals surface area contributed by atoms with Gasteiger partial charge in [-0.05, 0) is 56.3 Å². The maximum Gasteiger partial charge on any atom is 0.125 e. The van der Waals surface area contributed by atoms with Crippen LogP contribution in [-0.4, -0.2) is 13.2 Å². The van der Waals surface area contributed by atoms with E-state index in [2.05, 4.69) is 32.0 Å². The van der Waals surface area contributed by atoms with E-state index in [9.17, 15) is 0 Å². The van der Waals surface area contributed by atoms with E-state index in [0.29, 0.717) is 19.6 Å². The molecule has 0 heterocycles. The second kappa shape index (κ2) is 5.63. The molecule has 1 aromatic rings. The fraction of sp³-hybridized carbons (Fsp3) is 0.562. The molecule has 1 aliphatic carbocycles. The minimum absolute atomic E-state index is 0.129. The van der Waals surface area contributed by atoms with E-state index in [0.717, 1.165) is 36.1 Å². The van der Waals surface area contributed by atoms with Crippen molar-refractivity contribution in [3.8, 4) is 11.8 Å². The van der Waals surface area contributed by atoms with Crippen LogP contribution >= 0.6 is 0 Å². The van der Waals surface area contributed by atoms with Crippen molar-refractivity contribution >= 4 is 0 Å². The highest BCUT2D eigenvalue weighted by Gasteiger charge is 2.43. The first-order valence-corrected chi connectivity index (χ1v) is 6.90. The van der Waals surface area contributed by atoms with Gasteiger partial charge in [0, 0.05) is 11.8 Å². The molecule has 0 amide bonds. The zero-order chi connectivity index (χ0) is 13.9. The summed E-state index contributed by atoms with van der Waals surface area (Å²) >= 11 is 0. The van der Waals surface area contributed by atoms with Crippen molar-refractivity contribution in [3.05, 3.63) is 28.8 Å². The Hall–Kier alpha value is -1.53. The van der Waals surface area contributed by atoms with Crippen LogP contribution in [0.15, 0.2) is 12.1 Å². The molecule has 0 aliphatic heterocycles. The summed E-state index contributed by atoms with van der Waals surface area (Å²) in [4.78, 5) is 0. The normalized spacial score (nSPS) is 15.9. The number of hydrogen-bond acceptors (Lipinski definition) is 3. The molecule has 0 radical (unpaired) electrons. The van der Waals surface area contributed by atoms with Gasteiger partial charge in [-0.15, -0.1) is 0 Å². The number of ether oxygens (including phenoxy) is 1. The van der Waals surface area contributed by atoms with E-state index in [1.54, 1.807) is 0 Å². The van der Waals surface area contributed by atoms with Gasteiger partial charge < -0.3 is 10.5 Å². The first-order chi connectivity index (χ1) is 9.10. The van der Waals surface area contributed by atoms with Gasteiger partial charge in [-0.1, -0.05) is 12.1 Å². The van der Waals surface area contributed by atoms with Crippen LogP contribution in [0.4, 0.5) is 0 Å². The number of rotatable bonds is 6. The predicted molar refractivity (Wildman–Crippen MR) is 76.1 cm³/mol. The summed E-state index contributed by atoms with van der Waals surface area (Å²) in [6.45, 7) is 5.49. The second-order valence-electron chi connectivity index (χ2n) is 5.72. The van der Waals surface area contributed by atoms with E-state index >= 15 is 0 Å². The lowest BCUT2D eigenvalue weighted by Gasteiger charge is -2.17. The highest BCUT2D eigenvalue weighted by Crippen LogP contribution is 2.49. The van der Waals surface area contributed by atoms with Gasteiger partial charge in [-0.2, -0.15) is 5.26 Å². The summed E-state index contributed by atoms with van der Waals surface area (Å²) in [7, 11) is 0. The fourth-order valence-corrected chi connectivity index (χ4v) is 2.52. The topological polar surface area (TPSA) is 59.0 Å². The molecule has 0 unspecified atom stereocenters. The summed E-state index contributed by atoms with van der Waals surface area (Å²) in [6, 6.07) is 6.57. The van der Waals surface area contributed by atoms with Crippen molar-refractivity contribution in [1.29, 1.82) is 5.26 Å². The average Bonchev–Trinajstić information content (AvgIpc) is 3.09. The largest absolute Gasteiger partial charge is 0.492 e. The predicted octanol–water partition coefficient (Wildman–Crippen LogP) is 2.88. The Bertz CT molecular complexity index is 475. The molecule has 3 heteroatoms. The van der Waals surface area contributed by atoms with Gasteiger partial charge in [0.15, 0.2) is 0 Å². The summed E-state index contributed by atoms with van der Waals surface area (Å²) in [5.74, 6) is 0.977. The zero-order valence-corrected chi connectivity index (χ0v) is 11.8. The van der Waals surface area contributed by atoms with Gasteiger partial charge in [-0.3, -0.25) is 0 Å². The fourth-order valence-electron chi connectivity index (χ4n) is 2.52. The molecule has 0 aromatic heterocycles. The summed E-state index contributed by atoms with van der Waals surface area (Å²) in [6.07, 6.45) is 3.74. The number of nitrogens with two attached hydrogens (primary N) is 1. The Kier molecular flexibility index (Phi) is 4.11. The lowest BCUT2D eigenvalue weighted by Crippen LogP contribution is -2.13. The SMILES string of the molecule is Cc1cc(CCN)cc(C)c1OCC1(CC#N)CC1. The average molecular weight is 258 g/mol. The van der Waals surface area contributed by atoms with Gasteiger partial charge in [0.1, 0.15) is 5.75 Å². The molecule has 0 atom stereocenters. The van der Waals surface area contributed by atoms with Crippen LogP contribution in [0.2, 0.25) is 0 Å². The lowest BCUT2D eigenvalue weighted by atomic mass is 10.0. The van der Waals surface area contributed by atoms with Crippen molar-refractivity contribution in [3.63, 3.8) is 0 Å². The molecule has 19 heavy (non-hydrogen) atoms. The molecule has 102 valence electrons. The quantitative estimate of drug-likeness (QED) is 0.853. The minimum Gasteiger partial charge on any atom is -0.492 e. The third-order valence-electron chi connectivity index (χ3n) is 3.89. The molecule has 1 fully saturated rings. The second-order valence-corrected chi connectivity index (χ2v) is 5.72. The monoisotopic (exact) mass is 258 g/mol. The molecule has 2 rings (SSSR count). The molecule has 0 spiro atoms. The molecule has 0 saturated heterocycles. The van der Waals surface area contributed by atoms with Crippen LogP contribution < -0.4 is 10.5 Å². The maximum atomic E-state index is 8.83. The Balaban J connectivity index is 2.07. The van der Waals surface area contributed by atoms with E-state index in [1.807, 2.05) is 0 Å². The number of benzene rings is 1. The van der Waals surface area contributed by atoms with E-state index in [1.165, 1.54) is 5.56 Å². The molecule has 3 nitrogen and oxygen atoms in total. The van der Waals surface area contributed by atoms with Crippen LogP contribution in [0, 0.1) is 30.6 Å². The number of nitrogens with zero attached hydrogens (tertiary/aromatic N) is 1. The van der Waals surface area contributed by atoms with Gasteiger partial charge in [-0.25, -0.2) is 0 Å². The smallest absolute Gasteiger partial charge is 0.125 e. The molecule has 1 saturated carbocycles. The zero-order valence-electron chi connectivity index (χ0n) is 11.8. The third kappa shape index (κ3) is 3.27. The van der Waals surface area contributed by atoms with E-state index in [-0.39, 0.29) is 5.41 Å². The molecular formula is C16H22N2O. The number of nitriles is 1. The van der Waals surface area contributed by atoms with Crippen molar-refractivity contribution < 1.29 is 4.74 Å². The maximum absolute atomic E-state index is 8.83. The van der Waals surface area contributed by atoms with Gasteiger partial charge in [0.25, 0.3) is 0 Å².